The van der Waals surface area contributed by atoms with E-state index in [1.807, 2.05) is 50.4 Å². The number of carbonyl (C=O) groups is 1. The minimum absolute atomic E-state index is 0.0490. The molecule has 0 bridgehead atoms. The summed E-state index contributed by atoms with van der Waals surface area (Å²) in [7, 11) is 2.02. The third-order valence-corrected chi connectivity index (χ3v) is 4.42. The Hall–Kier alpha value is -1.81. The van der Waals surface area contributed by atoms with Crippen molar-refractivity contribution >= 4 is 27.5 Å². The standard InChI is InChI=1S/C17H19BrN2O/c1-13-7-6-10-15(16(13)18)17(21)19-11-12-20(2)14-8-4-3-5-9-14/h3-10H,11-12H2,1-2H3,(H,19,21). The van der Waals surface area contributed by atoms with Gasteiger partial charge in [-0.2, -0.15) is 0 Å². The number of amides is 1. The van der Waals surface area contributed by atoms with E-state index in [2.05, 4.69) is 38.3 Å². The molecule has 4 heteroatoms. The molecule has 0 aliphatic carbocycles. The van der Waals surface area contributed by atoms with Crippen molar-refractivity contribution in [2.24, 2.45) is 0 Å². The average Bonchev–Trinajstić information content (AvgIpc) is 2.50. The number of carbonyl (C=O) groups excluding carboxylic acids is 1. The number of nitrogens with zero attached hydrogens (tertiary/aromatic N) is 1. The van der Waals surface area contributed by atoms with Gasteiger partial charge in [0.15, 0.2) is 0 Å². The molecule has 1 amide bonds. The Kier molecular flexibility index (Phi) is 5.39. The predicted octanol–water partition coefficient (Wildman–Crippen LogP) is 3.62. The first-order valence-electron chi connectivity index (χ1n) is 6.89. The van der Waals surface area contributed by atoms with Gasteiger partial charge in [0.2, 0.25) is 0 Å². The molecule has 0 aromatic heterocycles. The molecule has 0 atom stereocenters. The number of aryl methyl sites for hydroxylation is 1. The van der Waals surface area contributed by atoms with Crippen LogP contribution in [0.15, 0.2) is 53.0 Å². The SMILES string of the molecule is Cc1cccc(C(=O)NCCN(C)c2ccccc2)c1Br. The fraction of sp³-hybridized carbons (Fsp3) is 0.235. The Morgan fingerprint density at radius 1 is 1.14 bits per heavy atom. The van der Waals surface area contributed by atoms with Crippen LogP contribution in [0.25, 0.3) is 0 Å². The summed E-state index contributed by atoms with van der Waals surface area (Å²) in [6.07, 6.45) is 0. The zero-order valence-electron chi connectivity index (χ0n) is 12.3. The summed E-state index contributed by atoms with van der Waals surface area (Å²) >= 11 is 3.47. The third-order valence-electron chi connectivity index (χ3n) is 3.37. The minimum Gasteiger partial charge on any atom is -0.373 e. The normalized spacial score (nSPS) is 10.2. The van der Waals surface area contributed by atoms with Gasteiger partial charge in [0.25, 0.3) is 5.91 Å². The lowest BCUT2D eigenvalue weighted by molar-refractivity contribution is 0.0954. The van der Waals surface area contributed by atoms with Gasteiger partial charge < -0.3 is 10.2 Å². The van der Waals surface area contributed by atoms with Crippen LogP contribution in [0.5, 0.6) is 0 Å². The molecule has 0 saturated heterocycles. The molecule has 3 nitrogen and oxygen atoms in total. The molecule has 2 aromatic carbocycles. The summed E-state index contributed by atoms with van der Waals surface area (Å²) < 4.78 is 0.860. The van der Waals surface area contributed by atoms with Gasteiger partial charge in [-0.25, -0.2) is 0 Å². The summed E-state index contributed by atoms with van der Waals surface area (Å²) in [4.78, 5) is 14.3. The van der Waals surface area contributed by atoms with Crippen molar-refractivity contribution < 1.29 is 4.79 Å². The molecule has 0 spiro atoms. The largest absolute Gasteiger partial charge is 0.373 e. The van der Waals surface area contributed by atoms with Gasteiger partial charge in [-0.05, 0) is 46.6 Å². The van der Waals surface area contributed by atoms with E-state index < -0.39 is 0 Å². The van der Waals surface area contributed by atoms with Gasteiger partial charge in [0, 0.05) is 30.3 Å². The predicted molar refractivity (Wildman–Crippen MR) is 90.9 cm³/mol. The molecule has 0 aliphatic rings. The molecule has 2 rings (SSSR count). The number of halogens is 1. The summed E-state index contributed by atoms with van der Waals surface area (Å²) in [5.41, 5.74) is 2.88. The second-order valence-corrected chi connectivity index (χ2v) is 5.74. The summed E-state index contributed by atoms with van der Waals surface area (Å²) in [5.74, 6) is -0.0490. The van der Waals surface area contributed by atoms with E-state index >= 15 is 0 Å². The summed E-state index contributed by atoms with van der Waals surface area (Å²) in [6, 6.07) is 15.8. The molecule has 21 heavy (non-hydrogen) atoms. The first kappa shape index (κ1) is 15.6. The van der Waals surface area contributed by atoms with Gasteiger partial charge in [-0.3, -0.25) is 4.79 Å². The van der Waals surface area contributed by atoms with Crippen LogP contribution in [-0.4, -0.2) is 26.0 Å². The number of nitrogens with one attached hydrogen (secondary N) is 1. The van der Waals surface area contributed by atoms with Crippen molar-refractivity contribution in [3.8, 4) is 0 Å². The molecule has 110 valence electrons. The maximum absolute atomic E-state index is 12.2. The number of rotatable bonds is 5. The van der Waals surface area contributed by atoms with Crippen LogP contribution in [0.2, 0.25) is 0 Å². The van der Waals surface area contributed by atoms with Crippen LogP contribution in [0.1, 0.15) is 15.9 Å². The first-order chi connectivity index (χ1) is 10.1. The molecule has 0 radical (unpaired) electrons. The lowest BCUT2D eigenvalue weighted by Crippen LogP contribution is -2.33. The molecule has 0 saturated carbocycles. The van der Waals surface area contributed by atoms with Crippen LogP contribution < -0.4 is 10.2 Å². The van der Waals surface area contributed by atoms with E-state index in [4.69, 9.17) is 0 Å². The lowest BCUT2D eigenvalue weighted by Gasteiger charge is -2.19. The number of hydrogen-bond donors (Lipinski definition) is 1. The monoisotopic (exact) mass is 346 g/mol. The fourth-order valence-corrected chi connectivity index (χ4v) is 2.51. The van der Waals surface area contributed by atoms with Gasteiger partial charge in [-0.1, -0.05) is 30.3 Å². The second-order valence-electron chi connectivity index (χ2n) is 4.95. The van der Waals surface area contributed by atoms with Crippen molar-refractivity contribution in [3.63, 3.8) is 0 Å². The molecular weight excluding hydrogens is 328 g/mol. The van der Waals surface area contributed by atoms with Crippen LogP contribution >= 0.6 is 15.9 Å². The highest BCUT2D eigenvalue weighted by Gasteiger charge is 2.10. The quantitative estimate of drug-likeness (QED) is 0.896. The summed E-state index contributed by atoms with van der Waals surface area (Å²) in [5, 5.41) is 2.96. The lowest BCUT2D eigenvalue weighted by atomic mass is 10.1. The van der Waals surface area contributed by atoms with Crippen molar-refractivity contribution in [3.05, 3.63) is 64.1 Å². The Balaban J connectivity index is 1.89. The van der Waals surface area contributed by atoms with E-state index in [-0.39, 0.29) is 5.91 Å². The van der Waals surface area contributed by atoms with Crippen LogP contribution in [0.3, 0.4) is 0 Å². The Bertz CT molecular complexity index is 613. The van der Waals surface area contributed by atoms with Gasteiger partial charge in [0.05, 0.1) is 5.56 Å². The van der Waals surface area contributed by atoms with E-state index in [9.17, 15) is 4.79 Å². The molecule has 2 aromatic rings. The molecule has 1 N–H and O–H groups in total. The topological polar surface area (TPSA) is 32.3 Å². The van der Waals surface area contributed by atoms with Gasteiger partial charge in [-0.15, -0.1) is 0 Å². The average molecular weight is 347 g/mol. The van der Waals surface area contributed by atoms with Gasteiger partial charge in [0.1, 0.15) is 0 Å². The molecule has 0 fully saturated rings. The third kappa shape index (κ3) is 4.08. The van der Waals surface area contributed by atoms with Crippen molar-refractivity contribution in [2.45, 2.75) is 6.92 Å². The van der Waals surface area contributed by atoms with Gasteiger partial charge >= 0.3 is 0 Å². The number of likely N-dealkylation sites (N-methyl/N-ethyl adjacent to an activating group) is 1. The molecule has 0 heterocycles. The highest BCUT2D eigenvalue weighted by atomic mass is 79.9. The van der Waals surface area contributed by atoms with Crippen molar-refractivity contribution in [1.82, 2.24) is 5.32 Å². The molecule has 0 aliphatic heterocycles. The van der Waals surface area contributed by atoms with E-state index in [1.54, 1.807) is 0 Å². The molecular formula is C17H19BrN2O. The zero-order chi connectivity index (χ0) is 15.2. The van der Waals surface area contributed by atoms with E-state index in [0.717, 1.165) is 22.3 Å². The fourth-order valence-electron chi connectivity index (χ4n) is 2.07. The van der Waals surface area contributed by atoms with E-state index in [0.29, 0.717) is 12.1 Å². The number of benzene rings is 2. The van der Waals surface area contributed by atoms with Crippen LogP contribution in [0, 0.1) is 6.92 Å². The van der Waals surface area contributed by atoms with Crippen molar-refractivity contribution in [1.29, 1.82) is 0 Å². The number of hydrogen-bond acceptors (Lipinski definition) is 2. The number of anilines is 1. The highest BCUT2D eigenvalue weighted by Crippen LogP contribution is 2.20. The van der Waals surface area contributed by atoms with Crippen LogP contribution in [0.4, 0.5) is 5.69 Å². The van der Waals surface area contributed by atoms with Crippen LogP contribution in [-0.2, 0) is 0 Å². The first-order valence-corrected chi connectivity index (χ1v) is 7.68. The maximum Gasteiger partial charge on any atom is 0.252 e. The zero-order valence-corrected chi connectivity index (χ0v) is 13.9. The second kappa shape index (κ2) is 7.27. The Morgan fingerprint density at radius 2 is 1.86 bits per heavy atom. The smallest absolute Gasteiger partial charge is 0.252 e. The number of para-hydroxylation sites is 1. The highest BCUT2D eigenvalue weighted by molar-refractivity contribution is 9.10. The Morgan fingerprint density at radius 3 is 2.57 bits per heavy atom. The molecule has 0 unspecified atom stereocenters. The van der Waals surface area contributed by atoms with Crippen molar-refractivity contribution in [2.75, 3.05) is 25.0 Å². The minimum atomic E-state index is -0.0490. The summed E-state index contributed by atoms with van der Waals surface area (Å²) in [6.45, 7) is 3.34. The maximum atomic E-state index is 12.2. The van der Waals surface area contributed by atoms with E-state index in [1.165, 1.54) is 0 Å². The Labute approximate surface area is 134 Å².